The molecule has 1 aliphatic rings. The van der Waals surface area contributed by atoms with Gasteiger partial charge in [-0.3, -0.25) is 4.79 Å². The van der Waals surface area contributed by atoms with Crippen molar-refractivity contribution in [3.63, 3.8) is 0 Å². The van der Waals surface area contributed by atoms with E-state index in [2.05, 4.69) is 15.3 Å². The normalized spacial score (nSPS) is 17.6. The van der Waals surface area contributed by atoms with Crippen molar-refractivity contribution in [2.45, 2.75) is 24.9 Å². The van der Waals surface area contributed by atoms with Crippen LogP contribution in [0.4, 0.5) is 24.8 Å². The van der Waals surface area contributed by atoms with E-state index in [0.29, 0.717) is 30.6 Å². The highest BCUT2D eigenvalue weighted by molar-refractivity contribution is 6.30. The molecule has 0 bridgehead atoms. The molecule has 1 amide bonds. The fraction of sp³-hybridized carbons (Fsp3) is 0.389. The second kappa shape index (κ2) is 7.83. The lowest BCUT2D eigenvalue weighted by molar-refractivity contribution is -0.138. The molecule has 1 unspecified atom stereocenters. The van der Waals surface area contributed by atoms with Crippen molar-refractivity contribution in [3.05, 3.63) is 40.7 Å². The van der Waals surface area contributed by atoms with Crippen molar-refractivity contribution in [2.24, 2.45) is 0 Å². The number of methoxy groups -OCH3 is 1. The highest BCUT2D eigenvalue weighted by Crippen LogP contribution is 2.36. The number of ether oxygens (including phenoxy) is 1. The number of carbonyl (C=O) groups is 1. The molecule has 1 saturated heterocycles. The molecule has 3 rings (SSSR count). The zero-order valence-corrected chi connectivity index (χ0v) is 15.9. The highest BCUT2D eigenvalue weighted by Gasteiger charge is 2.34. The van der Waals surface area contributed by atoms with Gasteiger partial charge < -0.3 is 15.0 Å². The lowest BCUT2D eigenvalue weighted by Crippen LogP contribution is -2.34. The third-order valence-corrected chi connectivity index (χ3v) is 4.94. The molecule has 1 aromatic carbocycles. The van der Waals surface area contributed by atoms with Gasteiger partial charge in [0.1, 0.15) is 16.5 Å². The molecule has 1 N–H and O–H groups in total. The van der Waals surface area contributed by atoms with Crippen LogP contribution in [0.15, 0.2) is 24.4 Å². The van der Waals surface area contributed by atoms with Gasteiger partial charge in [-0.15, -0.1) is 0 Å². The summed E-state index contributed by atoms with van der Waals surface area (Å²) in [6.07, 6.45) is -2.73. The van der Waals surface area contributed by atoms with Crippen LogP contribution in [0.1, 0.15) is 29.9 Å². The largest absolute Gasteiger partial charge is 0.495 e. The Kier molecular flexibility index (Phi) is 5.64. The minimum atomic E-state index is -4.62. The van der Waals surface area contributed by atoms with Gasteiger partial charge in [0.15, 0.2) is 0 Å². The number of piperidine rings is 1. The number of rotatable bonds is 4. The van der Waals surface area contributed by atoms with E-state index in [4.69, 9.17) is 16.3 Å². The molecule has 28 heavy (non-hydrogen) atoms. The van der Waals surface area contributed by atoms with E-state index in [0.717, 1.165) is 12.0 Å². The highest BCUT2D eigenvalue weighted by atomic mass is 35.5. The number of halogens is 4. The lowest BCUT2D eigenvalue weighted by atomic mass is 9.89. The maximum Gasteiger partial charge on any atom is 0.420 e. The molecular formula is C18H18ClF3N4O2. The van der Waals surface area contributed by atoms with E-state index in [1.54, 1.807) is 24.1 Å². The van der Waals surface area contributed by atoms with Crippen LogP contribution in [-0.2, 0) is 11.0 Å². The average molecular weight is 415 g/mol. The van der Waals surface area contributed by atoms with Gasteiger partial charge in [0.25, 0.3) is 0 Å². The summed E-state index contributed by atoms with van der Waals surface area (Å²) < 4.78 is 43.7. The number of carbonyl (C=O) groups excluding carboxylic acids is 1. The summed E-state index contributed by atoms with van der Waals surface area (Å²) in [6.45, 7) is 0.684. The van der Waals surface area contributed by atoms with Gasteiger partial charge in [-0.2, -0.15) is 13.2 Å². The van der Waals surface area contributed by atoms with Crippen molar-refractivity contribution in [1.29, 1.82) is 0 Å². The maximum atomic E-state index is 12.8. The Morgan fingerprint density at radius 3 is 2.71 bits per heavy atom. The number of likely N-dealkylation sites (tertiary alicyclic amines) is 1. The van der Waals surface area contributed by atoms with Crippen LogP contribution < -0.4 is 10.1 Å². The predicted octanol–water partition coefficient (Wildman–Crippen LogP) is 4.24. The van der Waals surface area contributed by atoms with Gasteiger partial charge in [-0.05, 0) is 30.0 Å². The molecule has 1 aromatic heterocycles. The fourth-order valence-corrected chi connectivity index (χ4v) is 3.26. The summed E-state index contributed by atoms with van der Waals surface area (Å²) in [5.74, 6) is 0.552. The first-order chi connectivity index (χ1) is 13.2. The van der Waals surface area contributed by atoms with Crippen LogP contribution in [0.2, 0.25) is 5.15 Å². The Morgan fingerprint density at radius 2 is 2.11 bits per heavy atom. The number of nitrogens with zero attached hydrogens (tertiary/aromatic N) is 3. The predicted molar refractivity (Wildman–Crippen MR) is 97.9 cm³/mol. The summed E-state index contributed by atoms with van der Waals surface area (Å²) in [6, 6.07) is 5.36. The zero-order valence-electron chi connectivity index (χ0n) is 15.2. The number of aromatic nitrogens is 2. The molecule has 1 atom stereocenters. The number of amides is 1. The third kappa shape index (κ3) is 4.30. The van der Waals surface area contributed by atoms with Crippen molar-refractivity contribution in [3.8, 4) is 5.75 Å². The Hall–Kier alpha value is -2.55. The van der Waals surface area contributed by atoms with Gasteiger partial charge in [-0.25, -0.2) is 9.97 Å². The minimum absolute atomic E-state index is 0.0847. The number of hydrogen-bond donors (Lipinski definition) is 1. The van der Waals surface area contributed by atoms with Crippen LogP contribution in [0.25, 0.3) is 0 Å². The van der Waals surface area contributed by atoms with Gasteiger partial charge in [0.05, 0.1) is 12.8 Å². The molecule has 1 fully saturated rings. The third-order valence-electron chi connectivity index (χ3n) is 4.65. The van der Waals surface area contributed by atoms with Crippen LogP contribution in [0.5, 0.6) is 5.75 Å². The summed E-state index contributed by atoms with van der Waals surface area (Å²) in [4.78, 5) is 21.0. The quantitative estimate of drug-likeness (QED) is 0.758. The van der Waals surface area contributed by atoms with Gasteiger partial charge >= 0.3 is 6.18 Å². The number of anilines is 2. The number of benzene rings is 1. The molecule has 0 radical (unpaired) electrons. The molecule has 0 saturated carbocycles. The molecule has 2 heterocycles. The van der Waals surface area contributed by atoms with Crippen molar-refractivity contribution in [1.82, 2.24) is 14.9 Å². The topological polar surface area (TPSA) is 67.3 Å². The number of nitrogens with one attached hydrogen (secondary N) is 1. The van der Waals surface area contributed by atoms with Crippen LogP contribution in [-0.4, -0.2) is 41.5 Å². The van der Waals surface area contributed by atoms with E-state index >= 15 is 0 Å². The molecule has 1 aliphatic heterocycles. The Labute approximate surface area is 164 Å². The van der Waals surface area contributed by atoms with E-state index in [1.807, 2.05) is 6.07 Å². The van der Waals surface area contributed by atoms with Crippen molar-refractivity contribution >= 4 is 29.1 Å². The monoisotopic (exact) mass is 414 g/mol. The molecule has 10 heteroatoms. The first kappa shape index (κ1) is 20.2. The van der Waals surface area contributed by atoms with Gasteiger partial charge in [0.2, 0.25) is 11.9 Å². The van der Waals surface area contributed by atoms with E-state index in [9.17, 15) is 18.0 Å². The molecule has 150 valence electrons. The standard InChI is InChI=1S/C18H18ClF3N4O2/c1-26-6-5-11(8-15(26)27)10-3-4-13(14(7-10)28-2)24-17-23-9-12(16(19)25-17)18(20,21)22/h3-4,7,9,11H,5-6,8H2,1-2H3,(H,23,24,25). The van der Waals surface area contributed by atoms with Crippen LogP contribution >= 0.6 is 11.6 Å². The zero-order chi connectivity index (χ0) is 20.5. The first-order valence-corrected chi connectivity index (χ1v) is 8.85. The van der Waals surface area contributed by atoms with Crippen molar-refractivity contribution in [2.75, 3.05) is 26.0 Å². The van der Waals surface area contributed by atoms with Gasteiger partial charge in [0, 0.05) is 26.2 Å². The van der Waals surface area contributed by atoms with Crippen LogP contribution in [0.3, 0.4) is 0 Å². The second-order valence-electron chi connectivity index (χ2n) is 6.49. The smallest absolute Gasteiger partial charge is 0.420 e. The summed E-state index contributed by atoms with van der Waals surface area (Å²) in [5.41, 5.74) is 0.325. The number of hydrogen-bond acceptors (Lipinski definition) is 5. The van der Waals surface area contributed by atoms with E-state index < -0.39 is 16.9 Å². The maximum absolute atomic E-state index is 12.8. The first-order valence-electron chi connectivity index (χ1n) is 8.47. The summed E-state index contributed by atoms with van der Waals surface area (Å²) in [5, 5.41) is 2.13. The van der Waals surface area contributed by atoms with Crippen LogP contribution in [0, 0.1) is 0 Å². The number of alkyl halides is 3. The minimum Gasteiger partial charge on any atom is -0.495 e. The van der Waals surface area contributed by atoms with Crippen molar-refractivity contribution < 1.29 is 22.7 Å². The van der Waals surface area contributed by atoms with Gasteiger partial charge in [-0.1, -0.05) is 17.7 Å². The fourth-order valence-electron chi connectivity index (χ4n) is 3.02. The second-order valence-corrected chi connectivity index (χ2v) is 6.84. The lowest BCUT2D eigenvalue weighted by Gasteiger charge is -2.29. The van der Waals surface area contributed by atoms with E-state index in [-0.39, 0.29) is 17.8 Å². The molecule has 0 spiro atoms. The molecule has 0 aliphatic carbocycles. The average Bonchev–Trinajstić information content (AvgIpc) is 2.63. The molecule has 6 nitrogen and oxygen atoms in total. The summed E-state index contributed by atoms with van der Waals surface area (Å²) >= 11 is 5.63. The SMILES string of the molecule is COc1cc(C2CCN(C)C(=O)C2)ccc1Nc1ncc(C(F)(F)F)c(Cl)n1. The Balaban J connectivity index is 1.82. The molecule has 2 aromatic rings. The Morgan fingerprint density at radius 1 is 1.36 bits per heavy atom. The molecular weight excluding hydrogens is 397 g/mol. The Bertz CT molecular complexity index is 892. The van der Waals surface area contributed by atoms with E-state index in [1.165, 1.54) is 7.11 Å². The summed E-state index contributed by atoms with van der Waals surface area (Å²) in [7, 11) is 3.26.